The van der Waals surface area contributed by atoms with Crippen molar-refractivity contribution in [3.63, 3.8) is 0 Å². The van der Waals surface area contributed by atoms with E-state index in [-0.39, 0.29) is 0 Å². The molecule has 3 nitrogen and oxygen atoms in total. The van der Waals surface area contributed by atoms with Crippen molar-refractivity contribution >= 4 is 0 Å². The van der Waals surface area contributed by atoms with E-state index in [9.17, 15) is 0 Å². The molecule has 2 atom stereocenters. The molecular formula is C13H28N2O. The largest absolute Gasteiger partial charge is 0.380 e. The first-order valence-electron chi connectivity index (χ1n) is 6.82. The van der Waals surface area contributed by atoms with E-state index in [0.717, 1.165) is 26.3 Å². The maximum Gasteiger partial charge on any atom is 0.0593 e. The molecule has 0 radical (unpaired) electrons. The van der Waals surface area contributed by atoms with Crippen LogP contribution in [0, 0.1) is 0 Å². The van der Waals surface area contributed by atoms with E-state index in [0.29, 0.717) is 12.1 Å². The first kappa shape index (κ1) is 13.9. The molecule has 0 aromatic heterocycles. The normalized spacial score (nSPS) is 26.2. The summed E-state index contributed by atoms with van der Waals surface area (Å²) in [5.41, 5.74) is 0. The van der Waals surface area contributed by atoms with Crippen LogP contribution in [-0.4, -0.2) is 50.3 Å². The molecule has 1 fully saturated rings. The van der Waals surface area contributed by atoms with Gasteiger partial charge < -0.3 is 10.1 Å². The highest BCUT2D eigenvalue weighted by Crippen LogP contribution is 2.22. The zero-order chi connectivity index (χ0) is 11.8. The molecule has 0 aromatic rings. The lowest BCUT2D eigenvalue weighted by Crippen LogP contribution is -2.51. The van der Waals surface area contributed by atoms with Crippen molar-refractivity contribution in [3.8, 4) is 0 Å². The Labute approximate surface area is 101 Å². The fraction of sp³-hybridized carbons (Fsp3) is 1.00. The first-order valence-corrected chi connectivity index (χ1v) is 6.82. The van der Waals surface area contributed by atoms with Gasteiger partial charge in [-0.05, 0) is 33.4 Å². The second-order valence-electron chi connectivity index (χ2n) is 4.57. The van der Waals surface area contributed by atoms with Gasteiger partial charge in [-0.3, -0.25) is 4.90 Å². The molecule has 96 valence electrons. The lowest BCUT2D eigenvalue weighted by Gasteiger charge is -2.39. The Morgan fingerprint density at radius 3 is 2.62 bits per heavy atom. The van der Waals surface area contributed by atoms with Gasteiger partial charge in [0.05, 0.1) is 6.61 Å². The van der Waals surface area contributed by atoms with Gasteiger partial charge in [-0.25, -0.2) is 0 Å². The Morgan fingerprint density at radius 2 is 2.00 bits per heavy atom. The van der Waals surface area contributed by atoms with Crippen LogP contribution in [0.2, 0.25) is 0 Å². The van der Waals surface area contributed by atoms with Crippen molar-refractivity contribution < 1.29 is 4.74 Å². The van der Waals surface area contributed by atoms with Gasteiger partial charge in [0.15, 0.2) is 0 Å². The van der Waals surface area contributed by atoms with Gasteiger partial charge >= 0.3 is 0 Å². The van der Waals surface area contributed by atoms with Crippen molar-refractivity contribution in [2.45, 2.75) is 51.6 Å². The highest BCUT2D eigenvalue weighted by Gasteiger charge is 2.27. The second kappa shape index (κ2) is 8.04. The maximum absolute atomic E-state index is 5.46. The zero-order valence-electron chi connectivity index (χ0n) is 11.2. The Bertz CT molecular complexity index is 175. The SMILES string of the molecule is CCOCCN(CC)C1CCCCC1NC. The number of nitrogens with one attached hydrogen (secondary N) is 1. The fourth-order valence-electron chi connectivity index (χ4n) is 2.77. The molecular weight excluding hydrogens is 200 g/mol. The number of nitrogens with zero attached hydrogens (tertiary/aromatic N) is 1. The average molecular weight is 228 g/mol. The number of ether oxygens (including phenoxy) is 1. The van der Waals surface area contributed by atoms with E-state index in [1.54, 1.807) is 0 Å². The van der Waals surface area contributed by atoms with Crippen molar-refractivity contribution in [2.75, 3.05) is 33.4 Å². The molecule has 0 aromatic carbocycles. The molecule has 0 heterocycles. The van der Waals surface area contributed by atoms with Crippen LogP contribution in [0.25, 0.3) is 0 Å². The molecule has 1 rings (SSSR count). The predicted octanol–water partition coefficient (Wildman–Crippen LogP) is 1.88. The average Bonchev–Trinajstić information content (AvgIpc) is 2.35. The minimum absolute atomic E-state index is 0.676. The summed E-state index contributed by atoms with van der Waals surface area (Å²) < 4.78 is 5.46. The quantitative estimate of drug-likeness (QED) is 0.673. The van der Waals surface area contributed by atoms with E-state index < -0.39 is 0 Å². The van der Waals surface area contributed by atoms with Gasteiger partial charge in [-0.1, -0.05) is 19.8 Å². The minimum atomic E-state index is 0.676. The molecule has 2 unspecified atom stereocenters. The summed E-state index contributed by atoms with van der Waals surface area (Å²) in [5, 5.41) is 3.48. The molecule has 16 heavy (non-hydrogen) atoms. The molecule has 1 N–H and O–H groups in total. The van der Waals surface area contributed by atoms with Gasteiger partial charge in [0.25, 0.3) is 0 Å². The Kier molecular flexibility index (Phi) is 7.01. The lowest BCUT2D eigenvalue weighted by atomic mass is 9.89. The van der Waals surface area contributed by atoms with Crippen LogP contribution in [0.15, 0.2) is 0 Å². The standard InChI is InChI=1S/C13H28N2O/c1-4-15(10-11-16-5-2)13-9-7-6-8-12(13)14-3/h12-14H,4-11H2,1-3H3. The van der Waals surface area contributed by atoms with Gasteiger partial charge in [-0.2, -0.15) is 0 Å². The highest BCUT2D eigenvalue weighted by molar-refractivity contribution is 4.87. The smallest absolute Gasteiger partial charge is 0.0593 e. The molecule has 0 amide bonds. The van der Waals surface area contributed by atoms with Crippen molar-refractivity contribution in [1.29, 1.82) is 0 Å². The van der Waals surface area contributed by atoms with Crippen LogP contribution in [0.1, 0.15) is 39.5 Å². The molecule has 0 spiro atoms. The Morgan fingerprint density at radius 1 is 1.25 bits per heavy atom. The summed E-state index contributed by atoms with van der Waals surface area (Å²) in [5.74, 6) is 0. The zero-order valence-corrected chi connectivity index (χ0v) is 11.2. The van der Waals surface area contributed by atoms with Gasteiger partial charge in [0, 0.05) is 25.2 Å². The monoisotopic (exact) mass is 228 g/mol. The second-order valence-corrected chi connectivity index (χ2v) is 4.57. The molecule has 3 heteroatoms. The van der Waals surface area contributed by atoms with Crippen LogP contribution >= 0.6 is 0 Å². The minimum Gasteiger partial charge on any atom is -0.380 e. The molecule has 1 aliphatic rings. The van der Waals surface area contributed by atoms with Crippen LogP contribution in [0.3, 0.4) is 0 Å². The summed E-state index contributed by atoms with van der Waals surface area (Å²) in [6, 6.07) is 1.39. The van der Waals surface area contributed by atoms with E-state index in [2.05, 4.69) is 31.1 Å². The Hall–Kier alpha value is -0.120. The lowest BCUT2D eigenvalue weighted by molar-refractivity contribution is 0.0735. The van der Waals surface area contributed by atoms with Gasteiger partial charge in [0.1, 0.15) is 0 Å². The molecule has 1 aliphatic carbocycles. The Balaban J connectivity index is 2.41. The van der Waals surface area contributed by atoms with Gasteiger partial charge in [0.2, 0.25) is 0 Å². The summed E-state index contributed by atoms with van der Waals surface area (Å²) >= 11 is 0. The highest BCUT2D eigenvalue weighted by atomic mass is 16.5. The van der Waals surface area contributed by atoms with Crippen molar-refractivity contribution in [3.05, 3.63) is 0 Å². The number of likely N-dealkylation sites (N-methyl/N-ethyl adjacent to an activating group) is 2. The topological polar surface area (TPSA) is 24.5 Å². The van der Waals surface area contributed by atoms with Crippen LogP contribution in [0.5, 0.6) is 0 Å². The molecule has 1 saturated carbocycles. The van der Waals surface area contributed by atoms with E-state index in [1.165, 1.54) is 25.7 Å². The van der Waals surface area contributed by atoms with Crippen LogP contribution in [-0.2, 0) is 4.74 Å². The number of hydrogen-bond acceptors (Lipinski definition) is 3. The number of hydrogen-bond donors (Lipinski definition) is 1. The van der Waals surface area contributed by atoms with E-state index >= 15 is 0 Å². The van der Waals surface area contributed by atoms with Crippen LogP contribution < -0.4 is 5.32 Å². The molecule has 0 aliphatic heterocycles. The molecule has 0 saturated heterocycles. The summed E-state index contributed by atoms with van der Waals surface area (Å²) in [4.78, 5) is 2.58. The third-order valence-corrected chi connectivity index (χ3v) is 3.70. The predicted molar refractivity (Wildman–Crippen MR) is 68.8 cm³/mol. The van der Waals surface area contributed by atoms with Gasteiger partial charge in [-0.15, -0.1) is 0 Å². The van der Waals surface area contributed by atoms with Crippen molar-refractivity contribution in [1.82, 2.24) is 10.2 Å². The summed E-state index contributed by atoms with van der Waals surface area (Å²) in [6.07, 6.45) is 5.43. The fourth-order valence-corrected chi connectivity index (χ4v) is 2.77. The summed E-state index contributed by atoms with van der Waals surface area (Å²) in [7, 11) is 2.10. The third kappa shape index (κ3) is 4.04. The number of rotatable bonds is 7. The van der Waals surface area contributed by atoms with Crippen molar-refractivity contribution in [2.24, 2.45) is 0 Å². The first-order chi connectivity index (χ1) is 7.83. The maximum atomic E-state index is 5.46. The van der Waals surface area contributed by atoms with Crippen LogP contribution in [0.4, 0.5) is 0 Å². The molecule has 0 bridgehead atoms. The summed E-state index contributed by atoms with van der Waals surface area (Å²) in [6.45, 7) is 8.23. The van der Waals surface area contributed by atoms with E-state index in [1.807, 2.05) is 0 Å². The third-order valence-electron chi connectivity index (χ3n) is 3.70. The van der Waals surface area contributed by atoms with E-state index in [4.69, 9.17) is 4.74 Å².